The average Bonchev–Trinajstić information content (AvgIpc) is 3.26. The molecule has 2 N–H and O–H groups in total. The summed E-state index contributed by atoms with van der Waals surface area (Å²) in [6.45, 7) is 7.25. The van der Waals surface area contributed by atoms with Gasteiger partial charge in [0.1, 0.15) is 5.82 Å². The van der Waals surface area contributed by atoms with E-state index in [4.69, 9.17) is 9.72 Å². The number of aromatic nitrogens is 4. The van der Waals surface area contributed by atoms with Crippen molar-refractivity contribution in [3.05, 3.63) is 42.1 Å². The molecule has 3 aromatic rings. The summed E-state index contributed by atoms with van der Waals surface area (Å²) < 4.78 is 7.42. The van der Waals surface area contributed by atoms with Crippen LogP contribution in [0, 0.1) is 0 Å². The first-order valence-electron chi connectivity index (χ1n) is 11.7. The van der Waals surface area contributed by atoms with Crippen LogP contribution in [-0.4, -0.2) is 57.7 Å². The van der Waals surface area contributed by atoms with Crippen LogP contribution in [0.5, 0.6) is 0 Å². The molecule has 2 aromatic heterocycles. The van der Waals surface area contributed by atoms with Crippen LogP contribution in [0.2, 0.25) is 0 Å². The number of nitrogens with zero attached hydrogens (tertiary/aromatic N) is 4. The highest BCUT2D eigenvalue weighted by molar-refractivity contribution is 7.99. The molecule has 1 fully saturated rings. The third kappa shape index (κ3) is 5.14. The molecule has 33 heavy (non-hydrogen) atoms. The van der Waals surface area contributed by atoms with Crippen LogP contribution in [0.4, 0.5) is 5.82 Å². The van der Waals surface area contributed by atoms with Gasteiger partial charge in [-0.15, -0.1) is 0 Å². The second-order valence-electron chi connectivity index (χ2n) is 8.14. The highest BCUT2D eigenvalue weighted by atomic mass is 32.2. The number of anilines is 1. The lowest BCUT2D eigenvalue weighted by atomic mass is 9.73. The molecule has 1 saturated heterocycles. The van der Waals surface area contributed by atoms with Gasteiger partial charge in [0.05, 0.1) is 23.5 Å². The Morgan fingerprint density at radius 3 is 2.67 bits per heavy atom. The lowest BCUT2D eigenvalue weighted by Crippen LogP contribution is -2.48. The number of carbonyl (C=O) groups excluding carboxylic acids is 1. The van der Waals surface area contributed by atoms with E-state index < -0.39 is 5.41 Å². The summed E-state index contributed by atoms with van der Waals surface area (Å²) >= 11 is 1.61. The van der Waals surface area contributed by atoms with Gasteiger partial charge in [-0.3, -0.25) is 4.79 Å². The van der Waals surface area contributed by atoms with Crippen molar-refractivity contribution in [2.45, 2.75) is 50.2 Å². The Labute approximate surface area is 198 Å². The predicted molar refractivity (Wildman–Crippen MR) is 132 cm³/mol. The molecule has 1 amide bonds. The number of hydrogen-bond donors (Lipinski definition) is 2. The van der Waals surface area contributed by atoms with Crippen molar-refractivity contribution in [3.8, 4) is 0 Å². The summed E-state index contributed by atoms with van der Waals surface area (Å²) in [4.78, 5) is 22.8. The van der Waals surface area contributed by atoms with E-state index in [0.29, 0.717) is 39.1 Å². The molecule has 1 aromatic carbocycles. The summed E-state index contributed by atoms with van der Waals surface area (Å²) in [5, 5.41) is 12.7. The van der Waals surface area contributed by atoms with Gasteiger partial charge in [-0.1, -0.05) is 55.9 Å². The minimum Gasteiger partial charge on any atom is -0.381 e. The lowest BCUT2D eigenvalue weighted by Gasteiger charge is -2.36. The Kier molecular flexibility index (Phi) is 7.82. The second-order valence-corrected chi connectivity index (χ2v) is 9.37. The highest BCUT2D eigenvalue weighted by Gasteiger charge is 2.41. The second kappa shape index (κ2) is 11.0. The normalized spacial score (nSPS) is 15.5. The predicted octanol–water partition coefficient (Wildman–Crippen LogP) is 3.62. The number of nitrogens with one attached hydrogen (secondary N) is 2. The van der Waals surface area contributed by atoms with Gasteiger partial charge in [-0.05, 0) is 30.6 Å². The van der Waals surface area contributed by atoms with E-state index in [9.17, 15) is 4.79 Å². The van der Waals surface area contributed by atoms with Crippen LogP contribution in [0.15, 0.2) is 41.7 Å². The van der Waals surface area contributed by atoms with Crippen LogP contribution >= 0.6 is 11.8 Å². The van der Waals surface area contributed by atoms with E-state index >= 15 is 0 Å². The molecule has 0 saturated carbocycles. The van der Waals surface area contributed by atoms with E-state index in [1.165, 1.54) is 0 Å². The van der Waals surface area contributed by atoms with Gasteiger partial charge >= 0.3 is 0 Å². The Morgan fingerprint density at radius 1 is 1.15 bits per heavy atom. The molecular formula is C24H32N6O2S. The monoisotopic (exact) mass is 468 g/mol. The van der Waals surface area contributed by atoms with E-state index in [1.807, 2.05) is 35.0 Å². The molecule has 0 bridgehead atoms. The quantitative estimate of drug-likeness (QED) is 0.347. The number of rotatable bonds is 10. The number of carbonyl (C=O) groups is 1. The zero-order valence-electron chi connectivity index (χ0n) is 19.3. The fourth-order valence-electron chi connectivity index (χ4n) is 4.24. The lowest BCUT2D eigenvalue weighted by molar-refractivity contribution is -0.130. The number of benzene rings is 1. The molecule has 0 radical (unpaired) electrons. The molecule has 176 valence electrons. The summed E-state index contributed by atoms with van der Waals surface area (Å²) in [5.74, 6) is 1.77. The van der Waals surface area contributed by atoms with Crippen LogP contribution in [-0.2, 0) is 21.5 Å². The molecule has 4 rings (SSSR count). The zero-order valence-corrected chi connectivity index (χ0v) is 20.2. The van der Waals surface area contributed by atoms with Crippen molar-refractivity contribution in [1.82, 2.24) is 25.1 Å². The Balaban J connectivity index is 1.50. The van der Waals surface area contributed by atoms with Gasteiger partial charge in [-0.25, -0.2) is 14.6 Å². The average molecular weight is 469 g/mol. The van der Waals surface area contributed by atoms with Crippen LogP contribution in [0.3, 0.4) is 0 Å². The number of thioether (sulfide) groups is 1. The molecule has 8 nitrogen and oxygen atoms in total. The number of hydrogen-bond acceptors (Lipinski definition) is 7. The Bertz CT molecular complexity index is 1070. The van der Waals surface area contributed by atoms with Gasteiger partial charge < -0.3 is 15.4 Å². The van der Waals surface area contributed by atoms with Crippen molar-refractivity contribution in [3.63, 3.8) is 0 Å². The summed E-state index contributed by atoms with van der Waals surface area (Å²) in [7, 11) is 0. The first kappa shape index (κ1) is 23.5. The molecule has 1 aliphatic heterocycles. The van der Waals surface area contributed by atoms with Gasteiger partial charge in [0.25, 0.3) is 0 Å². The van der Waals surface area contributed by atoms with Crippen LogP contribution < -0.4 is 10.6 Å². The zero-order chi connectivity index (χ0) is 23.1. The maximum absolute atomic E-state index is 13.4. The minimum atomic E-state index is -0.546. The number of ether oxygens (including phenoxy) is 1. The van der Waals surface area contributed by atoms with Gasteiger partial charge in [0.15, 0.2) is 10.8 Å². The van der Waals surface area contributed by atoms with E-state index in [2.05, 4.69) is 34.6 Å². The molecule has 0 spiro atoms. The largest absolute Gasteiger partial charge is 0.381 e. The Morgan fingerprint density at radius 2 is 1.94 bits per heavy atom. The number of amides is 1. The van der Waals surface area contributed by atoms with Gasteiger partial charge in [-0.2, -0.15) is 5.10 Å². The van der Waals surface area contributed by atoms with E-state index in [1.54, 1.807) is 18.0 Å². The fraction of sp³-hybridized carbons (Fsp3) is 0.500. The molecule has 1 aliphatic rings. The Hall–Kier alpha value is -2.65. The maximum atomic E-state index is 13.4. The molecule has 0 aliphatic carbocycles. The molecule has 3 heterocycles. The molecular weight excluding hydrogens is 436 g/mol. The SMILES string of the molecule is CCCNc1nc(SCC)nc2c1cnn2CCNC(=O)C1(c2ccccc2)CCOCC1. The summed E-state index contributed by atoms with van der Waals surface area (Å²) in [6.07, 6.45) is 4.19. The van der Waals surface area contributed by atoms with Gasteiger partial charge in [0.2, 0.25) is 5.91 Å². The van der Waals surface area contributed by atoms with Crippen LogP contribution in [0.25, 0.3) is 11.0 Å². The van der Waals surface area contributed by atoms with Crippen molar-refractivity contribution in [2.75, 3.05) is 37.4 Å². The van der Waals surface area contributed by atoms with Crippen molar-refractivity contribution >= 4 is 34.5 Å². The first-order valence-corrected chi connectivity index (χ1v) is 12.7. The van der Waals surface area contributed by atoms with E-state index in [0.717, 1.165) is 46.3 Å². The first-order chi connectivity index (χ1) is 16.2. The smallest absolute Gasteiger partial charge is 0.230 e. The van der Waals surface area contributed by atoms with Gasteiger partial charge in [0, 0.05) is 26.3 Å². The summed E-state index contributed by atoms with van der Waals surface area (Å²) in [6, 6.07) is 10.0. The topological polar surface area (TPSA) is 94.0 Å². The molecule has 0 atom stereocenters. The highest BCUT2D eigenvalue weighted by Crippen LogP contribution is 2.35. The van der Waals surface area contributed by atoms with E-state index in [-0.39, 0.29) is 5.91 Å². The molecule has 0 unspecified atom stereocenters. The maximum Gasteiger partial charge on any atom is 0.230 e. The minimum absolute atomic E-state index is 0.0515. The van der Waals surface area contributed by atoms with Crippen LogP contribution in [0.1, 0.15) is 38.7 Å². The van der Waals surface area contributed by atoms with Crippen molar-refractivity contribution in [2.24, 2.45) is 0 Å². The fourth-order valence-corrected chi connectivity index (χ4v) is 4.80. The van der Waals surface area contributed by atoms with Crippen molar-refractivity contribution < 1.29 is 9.53 Å². The molecule has 9 heteroatoms. The third-order valence-corrected chi connectivity index (χ3v) is 6.74. The summed E-state index contributed by atoms with van der Waals surface area (Å²) in [5.41, 5.74) is 1.30. The third-order valence-electron chi connectivity index (χ3n) is 6.01. The number of fused-ring (bicyclic) bond motifs is 1. The standard InChI is InChI=1S/C24H32N6O2S/c1-3-12-25-20-19-17-27-30(21(19)29-23(28-20)33-4-2)14-13-26-22(31)24(10-15-32-16-11-24)18-8-6-5-7-9-18/h5-9,17H,3-4,10-16H2,1-2H3,(H,26,31)(H,25,28,29). The van der Waals surface area contributed by atoms with Crippen molar-refractivity contribution in [1.29, 1.82) is 0 Å².